The van der Waals surface area contributed by atoms with Gasteiger partial charge in [-0.2, -0.15) is 0 Å². The summed E-state index contributed by atoms with van der Waals surface area (Å²) in [6, 6.07) is 4.02. The van der Waals surface area contributed by atoms with Gasteiger partial charge in [-0.1, -0.05) is 6.07 Å². The predicted molar refractivity (Wildman–Crippen MR) is 61.8 cm³/mol. The van der Waals surface area contributed by atoms with E-state index in [0.29, 0.717) is 5.56 Å². The molecule has 1 rings (SSSR count). The molecule has 0 fully saturated rings. The normalized spacial score (nSPS) is 11.9. The minimum absolute atomic E-state index is 0.106. The standard InChI is InChI=1S/C11H14N2O4/c1-7(12)6-9-8(11(14)17-2)4-3-5-10(9)13(15)16/h3-5,7H,6,12H2,1-2H3. The summed E-state index contributed by atoms with van der Waals surface area (Å²) in [6.45, 7) is 1.72. The Morgan fingerprint density at radius 3 is 2.71 bits per heavy atom. The van der Waals surface area contributed by atoms with Gasteiger partial charge in [-0.15, -0.1) is 0 Å². The summed E-state index contributed by atoms with van der Waals surface area (Å²) in [5, 5.41) is 10.9. The maximum absolute atomic E-state index is 11.5. The van der Waals surface area contributed by atoms with Crippen LogP contribution in [0.5, 0.6) is 0 Å². The van der Waals surface area contributed by atoms with Gasteiger partial charge in [0.2, 0.25) is 0 Å². The van der Waals surface area contributed by atoms with Crippen LogP contribution in [0.4, 0.5) is 5.69 Å². The lowest BCUT2D eigenvalue weighted by Crippen LogP contribution is -2.21. The Kier molecular flexibility index (Phi) is 4.17. The fraction of sp³-hybridized carbons (Fsp3) is 0.364. The molecule has 0 bridgehead atoms. The molecule has 1 atom stereocenters. The second-order valence-corrected chi connectivity index (χ2v) is 3.73. The van der Waals surface area contributed by atoms with Gasteiger partial charge < -0.3 is 10.5 Å². The number of methoxy groups -OCH3 is 1. The number of nitrogens with two attached hydrogens (primary N) is 1. The molecule has 0 saturated heterocycles. The first-order valence-corrected chi connectivity index (χ1v) is 5.07. The number of rotatable bonds is 4. The number of hydrogen-bond donors (Lipinski definition) is 1. The Balaban J connectivity index is 3.33. The van der Waals surface area contributed by atoms with Gasteiger partial charge in [-0.3, -0.25) is 10.1 Å². The zero-order valence-electron chi connectivity index (χ0n) is 9.67. The molecule has 0 aliphatic carbocycles. The summed E-state index contributed by atoms with van der Waals surface area (Å²) in [7, 11) is 1.23. The molecule has 6 nitrogen and oxygen atoms in total. The van der Waals surface area contributed by atoms with E-state index in [-0.39, 0.29) is 23.7 Å². The number of hydrogen-bond acceptors (Lipinski definition) is 5. The van der Waals surface area contributed by atoms with Crippen molar-refractivity contribution in [2.45, 2.75) is 19.4 Å². The summed E-state index contributed by atoms with van der Waals surface area (Å²) >= 11 is 0. The second kappa shape index (κ2) is 5.40. The number of nitrogens with zero attached hydrogens (tertiary/aromatic N) is 1. The zero-order valence-corrected chi connectivity index (χ0v) is 9.67. The third kappa shape index (κ3) is 3.01. The van der Waals surface area contributed by atoms with Crippen LogP contribution in [0.1, 0.15) is 22.8 Å². The number of nitro groups is 1. The smallest absolute Gasteiger partial charge is 0.338 e. The van der Waals surface area contributed by atoms with Crippen LogP contribution in [0.25, 0.3) is 0 Å². The first-order valence-electron chi connectivity index (χ1n) is 5.07. The largest absolute Gasteiger partial charge is 0.465 e. The topological polar surface area (TPSA) is 95.5 Å². The average molecular weight is 238 g/mol. The maximum Gasteiger partial charge on any atom is 0.338 e. The molecule has 0 heterocycles. The fourth-order valence-corrected chi connectivity index (χ4v) is 1.58. The third-order valence-corrected chi connectivity index (χ3v) is 2.28. The molecule has 0 amide bonds. The number of nitro benzene ring substituents is 1. The molecular formula is C11H14N2O4. The van der Waals surface area contributed by atoms with Crippen LogP contribution in [-0.2, 0) is 11.2 Å². The quantitative estimate of drug-likeness (QED) is 0.484. The van der Waals surface area contributed by atoms with Gasteiger partial charge >= 0.3 is 5.97 Å². The second-order valence-electron chi connectivity index (χ2n) is 3.73. The number of carbonyl (C=O) groups excluding carboxylic acids is 1. The van der Waals surface area contributed by atoms with Gasteiger partial charge in [-0.25, -0.2) is 4.79 Å². The van der Waals surface area contributed by atoms with E-state index in [4.69, 9.17) is 5.73 Å². The SMILES string of the molecule is COC(=O)c1cccc([N+](=O)[O-])c1CC(C)N. The van der Waals surface area contributed by atoms with E-state index in [1.807, 2.05) is 0 Å². The van der Waals surface area contributed by atoms with Gasteiger partial charge in [0, 0.05) is 17.7 Å². The van der Waals surface area contributed by atoms with Gasteiger partial charge in [0.1, 0.15) is 0 Å². The van der Waals surface area contributed by atoms with Crippen LogP contribution < -0.4 is 5.73 Å². The number of esters is 1. The minimum atomic E-state index is -0.593. The molecule has 0 aromatic heterocycles. The number of carbonyl (C=O) groups is 1. The van der Waals surface area contributed by atoms with Crippen LogP contribution in [0.3, 0.4) is 0 Å². The molecular weight excluding hydrogens is 224 g/mol. The highest BCUT2D eigenvalue weighted by Gasteiger charge is 2.22. The van der Waals surface area contributed by atoms with Gasteiger partial charge in [-0.05, 0) is 19.4 Å². The molecule has 0 saturated carbocycles. The van der Waals surface area contributed by atoms with Crippen molar-refractivity contribution in [3.63, 3.8) is 0 Å². The molecule has 17 heavy (non-hydrogen) atoms. The Bertz CT molecular complexity index is 443. The van der Waals surface area contributed by atoms with Crippen LogP contribution >= 0.6 is 0 Å². The van der Waals surface area contributed by atoms with Gasteiger partial charge in [0.15, 0.2) is 0 Å². The van der Waals surface area contributed by atoms with Crippen molar-refractivity contribution in [3.05, 3.63) is 39.4 Å². The van der Waals surface area contributed by atoms with E-state index in [0.717, 1.165) is 0 Å². The Hall–Kier alpha value is -1.95. The van der Waals surface area contributed by atoms with Crippen LogP contribution in [0.15, 0.2) is 18.2 Å². The van der Waals surface area contributed by atoms with E-state index >= 15 is 0 Å². The summed E-state index contributed by atoms with van der Waals surface area (Å²) in [4.78, 5) is 21.9. The lowest BCUT2D eigenvalue weighted by molar-refractivity contribution is -0.385. The summed E-state index contributed by atoms with van der Waals surface area (Å²) in [5.41, 5.74) is 6.04. The molecule has 1 aromatic carbocycles. The molecule has 0 aliphatic rings. The van der Waals surface area contributed by atoms with Crippen LogP contribution in [0, 0.1) is 10.1 Å². The van der Waals surface area contributed by atoms with Crippen molar-refractivity contribution in [3.8, 4) is 0 Å². The molecule has 6 heteroatoms. The first-order chi connectivity index (χ1) is 7.97. The van der Waals surface area contributed by atoms with Crippen LogP contribution in [-0.4, -0.2) is 24.0 Å². The highest BCUT2D eigenvalue weighted by atomic mass is 16.6. The highest BCUT2D eigenvalue weighted by Crippen LogP contribution is 2.24. The molecule has 1 aromatic rings. The molecule has 2 N–H and O–H groups in total. The lowest BCUT2D eigenvalue weighted by Gasteiger charge is -2.10. The van der Waals surface area contributed by atoms with Crippen molar-refractivity contribution in [2.24, 2.45) is 5.73 Å². The van der Waals surface area contributed by atoms with Crippen molar-refractivity contribution < 1.29 is 14.5 Å². The molecule has 0 spiro atoms. The average Bonchev–Trinajstić information content (AvgIpc) is 2.27. The zero-order chi connectivity index (χ0) is 13.0. The van der Waals surface area contributed by atoms with Crippen molar-refractivity contribution in [1.29, 1.82) is 0 Å². The number of benzene rings is 1. The van der Waals surface area contributed by atoms with E-state index in [9.17, 15) is 14.9 Å². The summed E-state index contributed by atoms with van der Waals surface area (Å²) in [6.07, 6.45) is 0.252. The maximum atomic E-state index is 11.5. The van der Waals surface area contributed by atoms with Crippen molar-refractivity contribution in [2.75, 3.05) is 7.11 Å². The Morgan fingerprint density at radius 2 is 2.24 bits per heavy atom. The molecule has 1 unspecified atom stereocenters. The number of ether oxygens (including phenoxy) is 1. The molecule has 92 valence electrons. The van der Waals surface area contributed by atoms with Crippen LogP contribution in [0.2, 0.25) is 0 Å². The lowest BCUT2D eigenvalue weighted by atomic mass is 9.99. The summed E-state index contributed by atoms with van der Waals surface area (Å²) < 4.78 is 4.59. The van der Waals surface area contributed by atoms with Gasteiger partial charge in [0.05, 0.1) is 17.6 Å². The van der Waals surface area contributed by atoms with E-state index in [2.05, 4.69) is 4.74 Å². The Morgan fingerprint density at radius 1 is 1.59 bits per heavy atom. The molecule has 0 aliphatic heterocycles. The first kappa shape index (κ1) is 13.1. The van der Waals surface area contributed by atoms with E-state index < -0.39 is 10.9 Å². The van der Waals surface area contributed by atoms with Gasteiger partial charge in [0.25, 0.3) is 5.69 Å². The Labute approximate surface area is 98.5 Å². The monoisotopic (exact) mass is 238 g/mol. The van der Waals surface area contributed by atoms with Crippen molar-refractivity contribution in [1.82, 2.24) is 0 Å². The molecule has 0 radical (unpaired) electrons. The third-order valence-electron chi connectivity index (χ3n) is 2.28. The predicted octanol–water partition coefficient (Wildman–Crippen LogP) is 1.27. The summed E-state index contributed by atoms with van der Waals surface area (Å²) in [5.74, 6) is -0.593. The van der Waals surface area contributed by atoms with E-state index in [1.54, 1.807) is 6.92 Å². The van der Waals surface area contributed by atoms with E-state index in [1.165, 1.54) is 25.3 Å². The highest BCUT2D eigenvalue weighted by molar-refractivity contribution is 5.92. The minimum Gasteiger partial charge on any atom is -0.465 e. The fourth-order valence-electron chi connectivity index (χ4n) is 1.58. The van der Waals surface area contributed by atoms with Crippen molar-refractivity contribution >= 4 is 11.7 Å².